The van der Waals surface area contributed by atoms with Gasteiger partial charge in [-0.15, -0.1) is 0 Å². The molecule has 0 aromatic rings. The number of thioether (sulfide) groups is 1. The third-order valence-electron chi connectivity index (χ3n) is 3.47. The molecular formula is C11H25N3O2S2. The summed E-state index contributed by atoms with van der Waals surface area (Å²) in [5.41, 5.74) is 2.86. The van der Waals surface area contributed by atoms with Crippen molar-refractivity contribution in [1.82, 2.24) is 9.73 Å². The fraction of sp³-hybridized carbons (Fsp3) is 1.00. The molecule has 0 aromatic carbocycles. The normalized spacial score (nSPS) is 24.1. The van der Waals surface area contributed by atoms with Gasteiger partial charge in [-0.1, -0.05) is 0 Å². The molecule has 5 nitrogen and oxygen atoms in total. The van der Waals surface area contributed by atoms with Crippen LogP contribution in [0.1, 0.15) is 25.7 Å². The second-order valence-corrected chi connectivity index (χ2v) is 7.98. The Labute approximate surface area is 115 Å². The van der Waals surface area contributed by atoms with Crippen LogP contribution in [0.5, 0.6) is 0 Å². The largest absolute Gasteiger partial charge is 0.271 e. The lowest BCUT2D eigenvalue weighted by molar-refractivity contribution is 0.236. The number of rotatable bonds is 7. The number of piperidine rings is 1. The van der Waals surface area contributed by atoms with Crippen LogP contribution in [-0.2, 0) is 10.0 Å². The number of hydrogen-bond acceptors (Lipinski definition) is 5. The van der Waals surface area contributed by atoms with Crippen LogP contribution < -0.4 is 11.3 Å². The molecule has 0 radical (unpaired) electrons. The Morgan fingerprint density at radius 1 is 1.56 bits per heavy atom. The molecule has 0 saturated carbocycles. The molecule has 2 atom stereocenters. The molecule has 1 rings (SSSR count). The van der Waals surface area contributed by atoms with Crippen molar-refractivity contribution in [2.24, 2.45) is 11.8 Å². The highest BCUT2D eigenvalue weighted by Gasteiger charge is 2.27. The average Bonchev–Trinajstić information content (AvgIpc) is 2.33. The van der Waals surface area contributed by atoms with E-state index in [1.807, 2.05) is 11.8 Å². The SMILES string of the molecule is CSCCC(CC1CCCN(S(C)(=O)=O)C1)NN. The first-order valence-electron chi connectivity index (χ1n) is 6.37. The minimum absolute atomic E-state index is 0.293. The topological polar surface area (TPSA) is 75.4 Å². The van der Waals surface area contributed by atoms with E-state index in [2.05, 4.69) is 11.7 Å². The molecule has 0 aromatic heterocycles. The van der Waals surface area contributed by atoms with Crippen molar-refractivity contribution in [1.29, 1.82) is 0 Å². The van der Waals surface area contributed by atoms with E-state index in [1.165, 1.54) is 6.26 Å². The first-order chi connectivity index (χ1) is 8.47. The molecule has 0 amide bonds. The van der Waals surface area contributed by atoms with E-state index in [-0.39, 0.29) is 0 Å². The van der Waals surface area contributed by atoms with E-state index in [0.29, 0.717) is 25.0 Å². The van der Waals surface area contributed by atoms with Gasteiger partial charge in [-0.25, -0.2) is 12.7 Å². The average molecular weight is 295 g/mol. The van der Waals surface area contributed by atoms with Gasteiger partial charge in [-0.3, -0.25) is 11.3 Å². The molecule has 1 aliphatic heterocycles. The lowest BCUT2D eigenvalue weighted by atomic mass is 9.92. The summed E-state index contributed by atoms with van der Waals surface area (Å²) in [7, 11) is -3.04. The Hall–Kier alpha value is 0.180. The third-order valence-corrected chi connectivity index (χ3v) is 5.39. The van der Waals surface area contributed by atoms with Crippen molar-refractivity contribution in [3.05, 3.63) is 0 Å². The predicted octanol–water partition coefficient (Wildman–Crippen LogP) is 0.633. The summed E-state index contributed by atoms with van der Waals surface area (Å²) >= 11 is 1.81. The first kappa shape index (κ1) is 16.2. The molecule has 108 valence electrons. The minimum Gasteiger partial charge on any atom is -0.271 e. The third kappa shape index (κ3) is 5.44. The zero-order valence-electron chi connectivity index (χ0n) is 11.3. The highest BCUT2D eigenvalue weighted by molar-refractivity contribution is 7.98. The molecule has 1 fully saturated rings. The molecule has 0 aliphatic carbocycles. The van der Waals surface area contributed by atoms with Crippen LogP contribution in [0, 0.1) is 5.92 Å². The number of sulfonamides is 1. The smallest absolute Gasteiger partial charge is 0.211 e. The van der Waals surface area contributed by atoms with E-state index >= 15 is 0 Å². The zero-order chi connectivity index (χ0) is 13.6. The van der Waals surface area contributed by atoms with Crippen molar-refractivity contribution in [2.45, 2.75) is 31.7 Å². The summed E-state index contributed by atoms with van der Waals surface area (Å²) in [5.74, 6) is 7.07. The van der Waals surface area contributed by atoms with Crippen LogP contribution in [-0.4, -0.2) is 50.1 Å². The van der Waals surface area contributed by atoms with Gasteiger partial charge < -0.3 is 0 Å². The zero-order valence-corrected chi connectivity index (χ0v) is 12.9. The number of hydrogen-bond donors (Lipinski definition) is 2. The van der Waals surface area contributed by atoms with Crippen LogP contribution in [0.15, 0.2) is 0 Å². The quantitative estimate of drug-likeness (QED) is 0.532. The highest BCUT2D eigenvalue weighted by atomic mass is 32.2. The summed E-state index contributed by atoms with van der Waals surface area (Å²) < 4.78 is 24.7. The van der Waals surface area contributed by atoms with Crippen LogP contribution in [0.25, 0.3) is 0 Å². The molecule has 1 aliphatic rings. The second-order valence-electron chi connectivity index (χ2n) is 5.01. The summed E-state index contributed by atoms with van der Waals surface area (Å²) in [6, 6.07) is 0.293. The molecule has 0 bridgehead atoms. The standard InChI is InChI=1S/C11H25N3O2S2/c1-17-7-5-11(13-12)8-10-4-3-6-14(9-10)18(2,15)16/h10-11,13H,3-9,12H2,1-2H3. The molecule has 2 unspecified atom stereocenters. The number of hydrazine groups is 1. The van der Waals surface area contributed by atoms with Crippen LogP contribution in [0.3, 0.4) is 0 Å². The maximum absolute atomic E-state index is 11.5. The van der Waals surface area contributed by atoms with Gasteiger partial charge in [-0.2, -0.15) is 11.8 Å². The first-order valence-corrected chi connectivity index (χ1v) is 9.61. The molecule has 18 heavy (non-hydrogen) atoms. The second kappa shape index (κ2) is 7.69. The number of nitrogens with two attached hydrogens (primary N) is 1. The van der Waals surface area contributed by atoms with E-state index in [4.69, 9.17) is 5.84 Å². The molecular weight excluding hydrogens is 270 g/mol. The van der Waals surface area contributed by atoms with E-state index < -0.39 is 10.0 Å². The maximum Gasteiger partial charge on any atom is 0.211 e. The summed E-state index contributed by atoms with van der Waals surface area (Å²) in [5, 5.41) is 0. The highest BCUT2D eigenvalue weighted by Crippen LogP contribution is 2.23. The van der Waals surface area contributed by atoms with Gasteiger partial charge in [-0.05, 0) is 43.6 Å². The van der Waals surface area contributed by atoms with Gasteiger partial charge in [0.15, 0.2) is 0 Å². The van der Waals surface area contributed by atoms with E-state index in [1.54, 1.807) is 4.31 Å². The van der Waals surface area contributed by atoms with Crippen molar-refractivity contribution in [3.63, 3.8) is 0 Å². The summed E-state index contributed by atoms with van der Waals surface area (Å²) in [6.45, 7) is 1.32. The Morgan fingerprint density at radius 3 is 2.83 bits per heavy atom. The van der Waals surface area contributed by atoms with Gasteiger partial charge in [0.05, 0.1) is 6.26 Å². The fourth-order valence-corrected chi connectivity index (χ4v) is 3.91. The van der Waals surface area contributed by atoms with E-state index in [9.17, 15) is 8.42 Å². The van der Waals surface area contributed by atoms with Gasteiger partial charge in [0, 0.05) is 19.1 Å². The lowest BCUT2D eigenvalue weighted by Crippen LogP contribution is -2.43. The Kier molecular flexibility index (Phi) is 6.94. The van der Waals surface area contributed by atoms with Crippen molar-refractivity contribution < 1.29 is 8.42 Å². The summed E-state index contributed by atoms with van der Waals surface area (Å²) in [6.07, 6.45) is 7.43. The van der Waals surface area contributed by atoms with Crippen molar-refractivity contribution in [2.75, 3.05) is 31.4 Å². The maximum atomic E-state index is 11.5. The Morgan fingerprint density at radius 2 is 2.28 bits per heavy atom. The van der Waals surface area contributed by atoms with Gasteiger partial charge in [0.25, 0.3) is 0 Å². The molecule has 7 heteroatoms. The summed E-state index contributed by atoms with van der Waals surface area (Å²) in [4.78, 5) is 0. The number of nitrogens with one attached hydrogen (secondary N) is 1. The van der Waals surface area contributed by atoms with Crippen LogP contribution in [0.4, 0.5) is 0 Å². The molecule has 1 saturated heterocycles. The lowest BCUT2D eigenvalue weighted by Gasteiger charge is -2.32. The van der Waals surface area contributed by atoms with E-state index in [0.717, 1.165) is 31.4 Å². The molecule has 3 N–H and O–H groups in total. The molecule has 0 spiro atoms. The van der Waals surface area contributed by atoms with Crippen molar-refractivity contribution >= 4 is 21.8 Å². The van der Waals surface area contributed by atoms with Gasteiger partial charge in [0.2, 0.25) is 10.0 Å². The monoisotopic (exact) mass is 295 g/mol. The van der Waals surface area contributed by atoms with Crippen LogP contribution in [0.2, 0.25) is 0 Å². The predicted molar refractivity (Wildman–Crippen MR) is 77.9 cm³/mol. The van der Waals surface area contributed by atoms with Gasteiger partial charge in [0.1, 0.15) is 0 Å². The minimum atomic E-state index is -3.04. The number of nitrogens with zero attached hydrogens (tertiary/aromatic N) is 1. The fourth-order valence-electron chi connectivity index (χ4n) is 2.45. The van der Waals surface area contributed by atoms with Crippen molar-refractivity contribution in [3.8, 4) is 0 Å². The van der Waals surface area contributed by atoms with Crippen LogP contribution >= 0.6 is 11.8 Å². The Balaban J connectivity index is 2.46. The van der Waals surface area contributed by atoms with Gasteiger partial charge >= 0.3 is 0 Å². The Bertz CT molecular complexity index is 335. The molecule has 1 heterocycles.